The molecule has 1 fully saturated rings. The van der Waals surface area contributed by atoms with Gasteiger partial charge in [-0.2, -0.15) is 0 Å². The first-order valence-corrected chi connectivity index (χ1v) is 7.94. The summed E-state index contributed by atoms with van der Waals surface area (Å²) in [6.45, 7) is 7.32. The molecule has 0 bridgehead atoms. The Morgan fingerprint density at radius 2 is 2.18 bits per heavy atom. The van der Waals surface area contributed by atoms with Crippen LogP contribution in [0.4, 0.5) is 0 Å². The minimum absolute atomic E-state index is 0.0254. The van der Waals surface area contributed by atoms with Crippen LogP contribution in [0.25, 0.3) is 0 Å². The summed E-state index contributed by atoms with van der Waals surface area (Å²) in [5.74, 6) is -0.761. The van der Waals surface area contributed by atoms with Crippen LogP contribution in [-0.2, 0) is 19.1 Å². The topological polar surface area (TPSA) is 87.7 Å². The Morgan fingerprint density at radius 3 is 2.82 bits per heavy atom. The number of rotatable bonds is 8. The van der Waals surface area contributed by atoms with Crippen molar-refractivity contribution in [3.63, 3.8) is 0 Å². The third kappa shape index (κ3) is 6.01. The monoisotopic (exact) mass is 313 g/mol. The summed E-state index contributed by atoms with van der Waals surface area (Å²) >= 11 is 0. The molecule has 7 nitrogen and oxygen atoms in total. The van der Waals surface area contributed by atoms with Crippen LogP contribution in [0.15, 0.2) is 0 Å². The highest BCUT2D eigenvalue weighted by Gasteiger charge is 2.33. The third-order valence-electron chi connectivity index (χ3n) is 3.64. The van der Waals surface area contributed by atoms with E-state index < -0.39 is 12.0 Å². The molecule has 2 N–H and O–H groups in total. The average Bonchev–Trinajstić information content (AvgIpc) is 2.48. The second-order valence-corrected chi connectivity index (χ2v) is 5.58. The van der Waals surface area contributed by atoms with Gasteiger partial charge in [-0.15, -0.1) is 0 Å². The number of carbonyl (C=O) groups is 3. The molecule has 0 aromatic rings. The molecule has 0 radical (unpaired) electrons. The van der Waals surface area contributed by atoms with Crippen molar-refractivity contribution in [3.8, 4) is 0 Å². The Hall–Kier alpha value is -1.63. The molecule has 2 unspecified atom stereocenters. The molecule has 0 aliphatic carbocycles. The van der Waals surface area contributed by atoms with Gasteiger partial charge in [-0.05, 0) is 19.8 Å². The number of nitrogens with one attached hydrogen (secondary N) is 2. The number of ether oxygens (including phenoxy) is 1. The molecule has 0 spiro atoms. The van der Waals surface area contributed by atoms with E-state index in [1.165, 1.54) is 0 Å². The first-order chi connectivity index (χ1) is 10.5. The van der Waals surface area contributed by atoms with Crippen LogP contribution in [0.3, 0.4) is 0 Å². The SMILES string of the molecule is CCCOC(=O)CC1C(=O)NCCN1CC(=O)NC(C)CC. The van der Waals surface area contributed by atoms with Crippen LogP contribution in [0.1, 0.15) is 40.0 Å². The van der Waals surface area contributed by atoms with Crippen molar-refractivity contribution < 1.29 is 19.1 Å². The van der Waals surface area contributed by atoms with Gasteiger partial charge in [0.05, 0.1) is 19.6 Å². The smallest absolute Gasteiger partial charge is 0.307 e. The highest BCUT2D eigenvalue weighted by molar-refractivity contribution is 5.88. The van der Waals surface area contributed by atoms with E-state index in [0.717, 1.165) is 12.8 Å². The van der Waals surface area contributed by atoms with Crippen LogP contribution in [0.2, 0.25) is 0 Å². The van der Waals surface area contributed by atoms with Crippen LogP contribution >= 0.6 is 0 Å². The Balaban J connectivity index is 2.59. The molecular formula is C15H27N3O4. The highest BCUT2D eigenvalue weighted by Crippen LogP contribution is 2.10. The van der Waals surface area contributed by atoms with Crippen molar-refractivity contribution in [3.05, 3.63) is 0 Å². The van der Waals surface area contributed by atoms with Crippen molar-refractivity contribution in [1.29, 1.82) is 0 Å². The summed E-state index contributed by atoms with van der Waals surface area (Å²) in [5, 5.41) is 5.60. The Morgan fingerprint density at radius 1 is 1.45 bits per heavy atom. The fraction of sp³-hybridized carbons (Fsp3) is 0.800. The molecule has 1 aliphatic heterocycles. The number of nitrogens with zero attached hydrogens (tertiary/aromatic N) is 1. The van der Waals surface area contributed by atoms with Gasteiger partial charge < -0.3 is 15.4 Å². The summed E-state index contributed by atoms with van der Waals surface area (Å²) in [7, 11) is 0. The second-order valence-electron chi connectivity index (χ2n) is 5.58. The number of piperazine rings is 1. The van der Waals surface area contributed by atoms with Crippen molar-refractivity contribution >= 4 is 17.8 Å². The number of hydrogen-bond acceptors (Lipinski definition) is 5. The molecule has 0 aromatic carbocycles. The fourth-order valence-electron chi connectivity index (χ4n) is 2.21. The Kier molecular flexibility index (Phi) is 7.87. The van der Waals surface area contributed by atoms with E-state index in [1.54, 1.807) is 4.90 Å². The molecule has 7 heteroatoms. The second kappa shape index (κ2) is 9.40. The van der Waals surface area contributed by atoms with E-state index in [-0.39, 0.29) is 30.8 Å². The number of amides is 2. The lowest BCUT2D eigenvalue weighted by atomic mass is 10.1. The van der Waals surface area contributed by atoms with Gasteiger partial charge in [-0.25, -0.2) is 0 Å². The standard InChI is InChI=1S/C15H27N3O4/c1-4-8-22-14(20)9-12-15(21)16-6-7-18(12)10-13(19)17-11(3)5-2/h11-12H,4-10H2,1-3H3,(H,16,21)(H,17,19). The average molecular weight is 313 g/mol. The molecule has 1 aliphatic rings. The lowest BCUT2D eigenvalue weighted by Crippen LogP contribution is -2.58. The molecule has 1 heterocycles. The van der Waals surface area contributed by atoms with E-state index in [4.69, 9.17) is 4.74 Å². The lowest BCUT2D eigenvalue weighted by Gasteiger charge is -2.34. The molecule has 0 saturated carbocycles. The van der Waals surface area contributed by atoms with E-state index in [0.29, 0.717) is 19.7 Å². The molecule has 22 heavy (non-hydrogen) atoms. The number of hydrogen-bond donors (Lipinski definition) is 2. The zero-order chi connectivity index (χ0) is 16.5. The summed E-state index contributed by atoms with van der Waals surface area (Å²) in [5.41, 5.74) is 0. The molecule has 0 aromatic heterocycles. The maximum atomic E-state index is 12.0. The van der Waals surface area contributed by atoms with Crippen molar-refractivity contribution in [2.24, 2.45) is 0 Å². The van der Waals surface area contributed by atoms with Crippen LogP contribution < -0.4 is 10.6 Å². The predicted molar refractivity (Wildman–Crippen MR) is 82.1 cm³/mol. The van der Waals surface area contributed by atoms with Crippen LogP contribution in [-0.4, -0.2) is 61.0 Å². The first-order valence-electron chi connectivity index (χ1n) is 7.94. The third-order valence-corrected chi connectivity index (χ3v) is 3.64. The van der Waals surface area contributed by atoms with Crippen molar-refractivity contribution in [2.75, 3.05) is 26.2 Å². The Labute approximate surface area is 131 Å². The quantitative estimate of drug-likeness (QED) is 0.618. The van der Waals surface area contributed by atoms with E-state index in [9.17, 15) is 14.4 Å². The highest BCUT2D eigenvalue weighted by atomic mass is 16.5. The summed E-state index contributed by atoms with van der Waals surface area (Å²) in [4.78, 5) is 37.5. The zero-order valence-electron chi connectivity index (χ0n) is 13.7. The number of esters is 1. The Bertz CT molecular complexity index is 400. The first kappa shape index (κ1) is 18.4. The minimum Gasteiger partial charge on any atom is -0.466 e. The molecule has 1 rings (SSSR count). The van der Waals surface area contributed by atoms with E-state index in [2.05, 4.69) is 10.6 Å². The zero-order valence-corrected chi connectivity index (χ0v) is 13.7. The maximum Gasteiger partial charge on any atom is 0.307 e. The van der Waals surface area contributed by atoms with Crippen molar-refractivity contribution in [2.45, 2.75) is 52.1 Å². The summed E-state index contributed by atoms with van der Waals surface area (Å²) < 4.78 is 5.03. The minimum atomic E-state index is -0.638. The molecule has 1 saturated heterocycles. The normalized spacial score (nSPS) is 20.1. The van der Waals surface area contributed by atoms with Crippen molar-refractivity contribution in [1.82, 2.24) is 15.5 Å². The van der Waals surface area contributed by atoms with Gasteiger partial charge >= 0.3 is 5.97 Å². The summed E-state index contributed by atoms with van der Waals surface area (Å²) in [6.07, 6.45) is 1.56. The van der Waals surface area contributed by atoms with E-state index >= 15 is 0 Å². The van der Waals surface area contributed by atoms with Gasteiger partial charge in [0.2, 0.25) is 11.8 Å². The predicted octanol–water partition coefficient (Wildman–Crippen LogP) is 0.0448. The molecule has 126 valence electrons. The molecular weight excluding hydrogens is 286 g/mol. The van der Waals surface area contributed by atoms with Gasteiger partial charge in [0, 0.05) is 19.1 Å². The molecule has 2 atom stereocenters. The van der Waals surface area contributed by atoms with Crippen LogP contribution in [0.5, 0.6) is 0 Å². The van der Waals surface area contributed by atoms with Gasteiger partial charge in [-0.3, -0.25) is 19.3 Å². The lowest BCUT2D eigenvalue weighted by molar-refractivity contribution is -0.149. The largest absolute Gasteiger partial charge is 0.466 e. The molecule has 2 amide bonds. The summed E-state index contributed by atoms with van der Waals surface area (Å²) in [6, 6.07) is -0.542. The van der Waals surface area contributed by atoms with Gasteiger partial charge in [-0.1, -0.05) is 13.8 Å². The van der Waals surface area contributed by atoms with E-state index in [1.807, 2.05) is 20.8 Å². The van der Waals surface area contributed by atoms with Gasteiger partial charge in [0.25, 0.3) is 0 Å². The van der Waals surface area contributed by atoms with Gasteiger partial charge in [0.1, 0.15) is 6.04 Å². The fourth-order valence-corrected chi connectivity index (χ4v) is 2.21. The van der Waals surface area contributed by atoms with Gasteiger partial charge in [0.15, 0.2) is 0 Å². The maximum absolute atomic E-state index is 12.0. The van der Waals surface area contributed by atoms with Crippen LogP contribution in [0, 0.1) is 0 Å². The number of carbonyl (C=O) groups excluding carboxylic acids is 3.